The molecule has 1 aliphatic carbocycles. The van der Waals surface area contributed by atoms with Crippen LogP contribution in [0.5, 0.6) is 0 Å². The summed E-state index contributed by atoms with van der Waals surface area (Å²) in [4.78, 5) is 23.2. The van der Waals surface area contributed by atoms with Crippen LogP contribution in [0.1, 0.15) is 18.9 Å². The maximum Gasteiger partial charge on any atom is 0.308 e. The van der Waals surface area contributed by atoms with E-state index in [1.54, 1.807) is 0 Å². The van der Waals surface area contributed by atoms with Gasteiger partial charge in [0.25, 0.3) is 0 Å². The van der Waals surface area contributed by atoms with E-state index in [0.29, 0.717) is 13.0 Å². The molecule has 1 fully saturated rings. The first-order chi connectivity index (χ1) is 10.1. The largest absolute Gasteiger partial charge is 0.481 e. The SMILES string of the molecule is CCO[C@@H]1C[C@@H]1C(=O)NC[C@H](Cc1ccccc1)C(=O)O. The zero-order chi connectivity index (χ0) is 15.2. The zero-order valence-electron chi connectivity index (χ0n) is 12.1. The van der Waals surface area contributed by atoms with Crippen LogP contribution in [0.3, 0.4) is 0 Å². The van der Waals surface area contributed by atoms with Crippen molar-refractivity contribution in [3.8, 4) is 0 Å². The lowest BCUT2D eigenvalue weighted by Gasteiger charge is -2.13. The van der Waals surface area contributed by atoms with Gasteiger partial charge < -0.3 is 15.2 Å². The Labute approximate surface area is 124 Å². The fourth-order valence-electron chi connectivity index (χ4n) is 2.35. The summed E-state index contributed by atoms with van der Waals surface area (Å²) in [6.07, 6.45) is 1.15. The highest BCUT2D eigenvalue weighted by Crippen LogP contribution is 2.33. The average molecular weight is 291 g/mol. The van der Waals surface area contributed by atoms with Crippen LogP contribution in [-0.2, 0) is 20.7 Å². The molecule has 2 rings (SSSR count). The molecule has 0 unspecified atom stereocenters. The number of amides is 1. The summed E-state index contributed by atoms with van der Waals surface area (Å²) >= 11 is 0. The minimum absolute atomic E-state index is 0.00685. The van der Waals surface area contributed by atoms with Crippen molar-refractivity contribution in [3.63, 3.8) is 0 Å². The quantitative estimate of drug-likeness (QED) is 0.760. The summed E-state index contributed by atoms with van der Waals surface area (Å²) in [7, 11) is 0. The number of carbonyl (C=O) groups is 2. The number of carboxylic acid groups (broad SMARTS) is 1. The zero-order valence-corrected chi connectivity index (χ0v) is 12.1. The minimum Gasteiger partial charge on any atom is -0.481 e. The van der Waals surface area contributed by atoms with E-state index in [1.165, 1.54) is 0 Å². The van der Waals surface area contributed by atoms with Gasteiger partial charge in [-0.1, -0.05) is 30.3 Å². The lowest BCUT2D eigenvalue weighted by Crippen LogP contribution is -2.35. The van der Waals surface area contributed by atoms with Crippen molar-refractivity contribution in [3.05, 3.63) is 35.9 Å². The van der Waals surface area contributed by atoms with Gasteiger partial charge in [0.1, 0.15) is 0 Å². The van der Waals surface area contributed by atoms with E-state index in [1.807, 2.05) is 37.3 Å². The Morgan fingerprint density at radius 3 is 2.71 bits per heavy atom. The van der Waals surface area contributed by atoms with Crippen LogP contribution in [-0.4, -0.2) is 36.2 Å². The first-order valence-electron chi connectivity index (χ1n) is 7.27. The molecular weight excluding hydrogens is 270 g/mol. The third-order valence-corrected chi connectivity index (χ3v) is 3.65. The highest BCUT2D eigenvalue weighted by atomic mass is 16.5. The second kappa shape index (κ2) is 7.22. The normalized spacial score (nSPS) is 21.6. The van der Waals surface area contributed by atoms with Gasteiger partial charge in [-0.3, -0.25) is 9.59 Å². The van der Waals surface area contributed by atoms with Crippen molar-refractivity contribution in [2.75, 3.05) is 13.2 Å². The number of aliphatic carboxylic acids is 1. The molecule has 0 heterocycles. The van der Waals surface area contributed by atoms with Gasteiger partial charge in [-0.2, -0.15) is 0 Å². The van der Waals surface area contributed by atoms with E-state index in [4.69, 9.17) is 4.74 Å². The number of hydrogen-bond acceptors (Lipinski definition) is 3. The van der Waals surface area contributed by atoms with Crippen LogP contribution in [0.25, 0.3) is 0 Å². The lowest BCUT2D eigenvalue weighted by atomic mass is 9.99. The van der Waals surface area contributed by atoms with Gasteiger partial charge in [0, 0.05) is 13.2 Å². The van der Waals surface area contributed by atoms with Gasteiger partial charge in [0.15, 0.2) is 0 Å². The number of hydrogen-bond donors (Lipinski definition) is 2. The number of benzene rings is 1. The van der Waals surface area contributed by atoms with E-state index in [9.17, 15) is 14.7 Å². The number of nitrogens with one attached hydrogen (secondary N) is 1. The summed E-state index contributed by atoms with van der Waals surface area (Å²) in [6.45, 7) is 2.65. The highest BCUT2D eigenvalue weighted by Gasteiger charge is 2.44. The van der Waals surface area contributed by atoms with E-state index in [2.05, 4.69) is 5.32 Å². The van der Waals surface area contributed by atoms with Crippen LogP contribution in [0.15, 0.2) is 30.3 Å². The first-order valence-corrected chi connectivity index (χ1v) is 7.27. The fourth-order valence-corrected chi connectivity index (χ4v) is 2.35. The molecule has 1 amide bonds. The molecule has 3 atom stereocenters. The molecule has 0 aromatic heterocycles. The Kier molecular flexibility index (Phi) is 5.33. The van der Waals surface area contributed by atoms with Crippen molar-refractivity contribution < 1.29 is 19.4 Å². The molecule has 2 N–H and O–H groups in total. The van der Waals surface area contributed by atoms with E-state index in [-0.39, 0.29) is 24.5 Å². The van der Waals surface area contributed by atoms with Gasteiger partial charge in [-0.15, -0.1) is 0 Å². The Morgan fingerprint density at radius 2 is 2.10 bits per heavy atom. The number of carbonyl (C=O) groups excluding carboxylic acids is 1. The van der Waals surface area contributed by atoms with Crippen molar-refractivity contribution in [2.45, 2.75) is 25.9 Å². The number of rotatable bonds is 8. The van der Waals surface area contributed by atoms with Gasteiger partial charge in [0.2, 0.25) is 5.91 Å². The van der Waals surface area contributed by atoms with Gasteiger partial charge in [0.05, 0.1) is 17.9 Å². The van der Waals surface area contributed by atoms with Crippen LogP contribution < -0.4 is 5.32 Å². The molecule has 5 heteroatoms. The highest BCUT2D eigenvalue weighted by molar-refractivity contribution is 5.82. The minimum atomic E-state index is -0.892. The summed E-state index contributed by atoms with van der Waals surface area (Å²) in [5.74, 6) is -1.72. The second-order valence-electron chi connectivity index (χ2n) is 5.31. The van der Waals surface area contributed by atoms with Crippen LogP contribution >= 0.6 is 0 Å². The van der Waals surface area contributed by atoms with Crippen LogP contribution in [0.4, 0.5) is 0 Å². The molecule has 0 radical (unpaired) electrons. The third kappa shape index (κ3) is 4.56. The molecule has 114 valence electrons. The Hall–Kier alpha value is -1.88. The van der Waals surface area contributed by atoms with Crippen molar-refractivity contribution in [2.24, 2.45) is 11.8 Å². The maximum atomic E-state index is 11.9. The Bertz CT molecular complexity index is 488. The predicted octanol–water partition coefficient (Wildman–Crippen LogP) is 1.47. The van der Waals surface area contributed by atoms with Crippen LogP contribution in [0, 0.1) is 11.8 Å². The van der Waals surface area contributed by atoms with E-state index in [0.717, 1.165) is 12.0 Å². The summed E-state index contributed by atoms with van der Waals surface area (Å²) in [6, 6.07) is 9.43. The molecule has 0 saturated heterocycles. The molecule has 1 aromatic carbocycles. The molecule has 0 bridgehead atoms. The van der Waals surface area contributed by atoms with Crippen molar-refractivity contribution in [1.82, 2.24) is 5.32 Å². The monoisotopic (exact) mass is 291 g/mol. The second-order valence-corrected chi connectivity index (χ2v) is 5.31. The van der Waals surface area contributed by atoms with Crippen LogP contribution in [0.2, 0.25) is 0 Å². The number of ether oxygens (including phenoxy) is 1. The van der Waals surface area contributed by atoms with Gasteiger partial charge in [-0.05, 0) is 25.3 Å². The molecule has 1 saturated carbocycles. The average Bonchev–Trinajstić information content (AvgIpc) is 3.24. The standard InChI is InChI=1S/C16H21NO4/c1-2-21-14-9-13(14)15(18)17-10-12(16(19)20)8-11-6-4-3-5-7-11/h3-7,12-14H,2,8-10H2,1H3,(H,17,18)(H,19,20)/t12-,13-,14+/m0/s1. The van der Waals surface area contributed by atoms with Crippen molar-refractivity contribution in [1.29, 1.82) is 0 Å². The van der Waals surface area contributed by atoms with Gasteiger partial charge in [-0.25, -0.2) is 0 Å². The lowest BCUT2D eigenvalue weighted by molar-refractivity contribution is -0.141. The molecule has 1 aromatic rings. The summed E-state index contributed by atoms with van der Waals surface area (Å²) in [5, 5.41) is 12.0. The number of carboxylic acids is 1. The topological polar surface area (TPSA) is 75.6 Å². The Balaban J connectivity index is 1.81. The van der Waals surface area contributed by atoms with Gasteiger partial charge >= 0.3 is 5.97 Å². The summed E-state index contributed by atoms with van der Waals surface area (Å²) in [5.41, 5.74) is 0.956. The molecule has 1 aliphatic rings. The molecule has 0 spiro atoms. The Morgan fingerprint density at radius 1 is 1.38 bits per heavy atom. The third-order valence-electron chi connectivity index (χ3n) is 3.65. The molecular formula is C16H21NO4. The molecule has 0 aliphatic heterocycles. The smallest absolute Gasteiger partial charge is 0.308 e. The summed E-state index contributed by atoms with van der Waals surface area (Å²) < 4.78 is 5.36. The maximum absolute atomic E-state index is 11.9. The van der Waals surface area contributed by atoms with Crippen molar-refractivity contribution >= 4 is 11.9 Å². The van der Waals surface area contributed by atoms with E-state index < -0.39 is 11.9 Å². The molecule has 21 heavy (non-hydrogen) atoms. The predicted molar refractivity (Wildman–Crippen MR) is 77.8 cm³/mol. The molecule has 5 nitrogen and oxygen atoms in total. The first kappa shape index (κ1) is 15.5. The fraction of sp³-hybridized carbons (Fsp3) is 0.500. The van der Waals surface area contributed by atoms with E-state index >= 15 is 0 Å².